The van der Waals surface area contributed by atoms with Gasteiger partial charge in [-0.3, -0.25) is 14.4 Å². The number of ether oxygens (including phenoxy) is 2. The van der Waals surface area contributed by atoms with Crippen molar-refractivity contribution in [2.45, 2.75) is 24.0 Å². The van der Waals surface area contributed by atoms with Crippen LogP contribution in [0.15, 0.2) is 53.4 Å². The third kappa shape index (κ3) is 6.62. The molecule has 148 valence electrons. The Balaban J connectivity index is 1.91. The molecule has 7 nitrogen and oxygen atoms in total. The Kier molecular flexibility index (Phi) is 7.88. The fourth-order valence-corrected chi connectivity index (χ4v) is 3.17. The first-order valence-electron chi connectivity index (χ1n) is 8.53. The summed E-state index contributed by atoms with van der Waals surface area (Å²) in [5.74, 6) is -0.811. The first-order valence-corrected chi connectivity index (χ1v) is 9.41. The first kappa shape index (κ1) is 21.3. The summed E-state index contributed by atoms with van der Waals surface area (Å²) in [4.78, 5) is 36.4. The van der Waals surface area contributed by atoms with Gasteiger partial charge in [-0.25, -0.2) is 0 Å². The van der Waals surface area contributed by atoms with E-state index in [9.17, 15) is 14.4 Å². The highest BCUT2D eigenvalue weighted by atomic mass is 32.2. The third-order valence-electron chi connectivity index (χ3n) is 3.53. The zero-order valence-corrected chi connectivity index (χ0v) is 16.7. The van der Waals surface area contributed by atoms with Gasteiger partial charge in [-0.15, -0.1) is 11.8 Å². The van der Waals surface area contributed by atoms with Crippen LogP contribution in [0.4, 0.5) is 11.4 Å². The summed E-state index contributed by atoms with van der Waals surface area (Å²) in [6.07, 6.45) is 0. The molecule has 2 rings (SSSR count). The summed E-state index contributed by atoms with van der Waals surface area (Å²) in [5.41, 5.74) is 0.870. The Morgan fingerprint density at radius 1 is 1.07 bits per heavy atom. The summed E-state index contributed by atoms with van der Waals surface area (Å²) in [6.45, 7) is 2.68. The van der Waals surface area contributed by atoms with Gasteiger partial charge < -0.3 is 20.1 Å². The van der Waals surface area contributed by atoms with Crippen LogP contribution >= 0.6 is 11.8 Å². The number of nitrogens with one attached hydrogen (secondary N) is 2. The van der Waals surface area contributed by atoms with Crippen molar-refractivity contribution in [2.24, 2.45) is 0 Å². The van der Waals surface area contributed by atoms with Crippen molar-refractivity contribution in [3.63, 3.8) is 0 Å². The minimum absolute atomic E-state index is 0.235. The fraction of sp³-hybridized carbons (Fsp3) is 0.250. The molecule has 2 N–H and O–H groups in total. The van der Waals surface area contributed by atoms with Crippen molar-refractivity contribution in [1.29, 1.82) is 0 Å². The second-order valence-corrected chi connectivity index (χ2v) is 7.24. The molecule has 0 spiro atoms. The van der Waals surface area contributed by atoms with Gasteiger partial charge in [-0.05, 0) is 37.3 Å². The summed E-state index contributed by atoms with van der Waals surface area (Å²) in [6, 6.07) is 14.3. The van der Waals surface area contributed by atoms with Gasteiger partial charge in [0.2, 0.25) is 5.91 Å². The standard InChI is InChI=1S/C20H22N2O5S/c1-13(28-16-7-5-4-6-8-16)20(25)27-12-19(24)22-17-11-15(21-14(2)23)9-10-18(17)26-3/h4-11,13H,12H2,1-3H3,(H,21,23)(H,22,24)/t13-/m0/s1. The van der Waals surface area contributed by atoms with E-state index < -0.39 is 23.7 Å². The lowest BCUT2D eigenvalue weighted by atomic mass is 10.2. The number of hydrogen-bond acceptors (Lipinski definition) is 6. The molecule has 0 saturated carbocycles. The van der Waals surface area contributed by atoms with Gasteiger partial charge in [0.15, 0.2) is 6.61 Å². The maximum absolute atomic E-state index is 12.2. The van der Waals surface area contributed by atoms with Gasteiger partial charge in [0.05, 0.1) is 12.8 Å². The summed E-state index contributed by atoms with van der Waals surface area (Å²) in [5, 5.41) is 4.79. The molecule has 0 aliphatic rings. The molecule has 2 aromatic rings. The van der Waals surface area contributed by atoms with Gasteiger partial charge in [-0.2, -0.15) is 0 Å². The molecule has 0 saturated heterocycles. The highest BCUT2D eigenvalue weighted by Crippen LogP contribution is 2.28. The fourth-order valence-electron chi connectivity index (χ4n) is 2.28. The lowest BCUT2D eigenvalue weighted by Gasteiger charge is -2.14. The molecule has 0 bridgehead atoms. The molecular weight excluding hydrogens is 380 g/mol. The summed E-state index contributed by atoms with van der Waals surface area (Å²) >= 11 is 1.35. The molecule has 2 amide bonds. The van der Waals surface area contributed by atoms with Crippen molar-refractivity contribution >= 4 is 40.9 Å². The highest BCUT2D eigenvalue weighted by Gasteiger charge is 2.18. The predicted octanol–water partition coefficient (Wildman–Crippen LogP) is 3.32. The van der Waals surface area contributed by atoms with Crippen LogP contribution in [0.3, 0.4) is 0 Å². The van der Waals surface area contributed by atoms with Gasteiger partial charge in [-0.1, -0.05) is 18.2 Å². The normalized spacial score (nSPS) is 11.2. The van der Waals surface area contributed by atoms with Gasteiger partial charge in [0.25, 0.3) is 5.91 Å². The molecule has 0 fully saturated rings. The molecule has 0 heterocycles. The van der Waals surface area contributed by atoms with E-state index in [2.05, 4.69) is 10.6 Å². The van der Waals surface area contributed by atoms with Crippen LogP contribution in [0.25, 0.3) is 0 Å². The predicted molar refractivity (Wildman–Crippen MR) is 109 cm³/mol. The van der Waals surface area contributed by atoms with Gasteiger partial charge >= 0.3 is 5.97 Å². The van der Waals surface area contributed by atoms with Crippen LogP contribution in [0.2, 0.25) is 0 Å². The largest absolute Gasteiger partial charge is 0.495 e. The van der Waals surface area contributed by atoms with E-state index in [1.807, 2.05) is 30.3 Å². The van der Waals surface area contributed by atoms with E-state index in [0.717, 1.165) is 4.90 Å². The Morgan fingerprint density at radius 3 is 2.43 bits per heavy atom. The van der Waals surface area contributed by atoms with Crippen LogP contribution in [-0.2, 0) is 19.1 Å². The summed E-state index contributed by atoms with van der Waals surface area (Å²) < 4.78 is 10.3. The third-order valence-corrected chi connectivity index (χ3v) is 4.62. The lowest BCUT2D eigenvalue weighted by Crippen LogP contribution is -2.25. The smallest absolute Gasteiger partial charge is 0.319 e. The molecule has 1 atom stereocenters. The van der Waals surface area contributed by atoms with Crippen LogP contribution in [0.1, 0.15) is 13.8 Å². The Bertz CT molecular complexity index is 842. The molecular formula is C20H22N2O5S. The van der Waals surface area contributed by atoms with Crippen molar-refractivity contribution in [3.05, 3.63) is 48.5 Å². The van der Waals surface area contributed by atoms with Crippen LogP contribution in [-0.4, -0.2) is 36.8 Å². The maximum Gasteiger partial charge on any atom is 0.319 e. The molecule has 0 aliphatic heterocycles. The monoisotopic (exact) mass is 402 g/mol. The molecule has 2 aromatic carbocycles. The second-order valence-electron chi connectivity index (χ2n) is 5.83. The van der Waals surface area contributed by atoms with Crippen molar-refractivity contribution in [1.82, 2.24) is 0 Å². The van der Waals surface area contributed by atoms with E-state index in [1.54, 1.807) is 25.1 Å². The number of amides is 2. The SMILES string of the molecule is COc1ccc(NC(C)=O)cc1NC(=O)COC(=O)[C@H](C)Sc1ccccc1. The Hall–Kier alpha value is -3.00. The van der Waals surface area contributed by atoms with Crippen LogP contribution in [0, 0.1) is 0 Å². The highest BCUT2D eigenvalue weighted by molar-refractivity contribution is 8.00. The van der Waals surface area contributed by atoms with Crippen molar-refractivity contribution in [3.8, 4) is 5.75 Å². The number of anilines is 2. The van der Waals surface area contributed by atoms with Gasteiger partial charge in [0, 0.05) is 17.5 Å². The van der Waals surface area contributed by atoms with E-state index >= 15 is 0 Å². The van der Waals surface area contributed by atoms with Crippen LogP contribution < -0.4 is 15.4 Å². The minimum Gasteiger partial charge on any atom is -0.495 e. The number of benzene rings is 2. The maximum atomic E-state index is 12.2. The Labute approximate surface area is 167 Å². The molecule has 28 heavy (non-hydrogen) atoms. The van der Waals surface area contributed by atoms with Crippen LogP contribution in [0.5, 0.6) is 5.75 Å². The second kappa shape index (κ2) is 10.4. The average molecular weight is 402 g/mol. The Morgan fingerprint density at radius 2 is 1.79 bits per heavy atom. The lowest BCUT2D eigenvalue weighted by molar-refractivity contribution is -0.146. The van der Waals surface area contributed by atoms with Crippen molar-refractivity contribution < 1.29 is 23.9 Å². The average Bonchev–Trinajstić information content (AvgIpc) is 2.66. The number of carbonyl (C=O) groups is 3. The molecule has 0 radical (unpaired) electrons. The minimum atomic E-state index is -0.511. The molecule has 0 aliphatic carbocycles. The molecule has 8 heteroatoms. The number of esters is 1. The first-order chi connectivity index (χ1) is 13.4. The zero-order chi connectivity index (χ0) is 20.5. The summed E-state index contributed by atoms with van der Waals surface area (Å²) in [7, 11) is 1.46. The molecule has 0 unspecified atom stereocenters. The number of thioether (sulfide) groups is 1. The topological polar surface area (TPSA) is 93.7 Å². The number of carbonyl (C=O) groups excluding carboxylic acids is 3. The van der Waals surface area contributed by atoms with E-state index in [0.29, 0.717) is 17.1 Å². The van der Waals surface area contributed by atoms with Crippen molar-refractivity contribution in [2.75, 3.05) is 24.4 Å². The zero-order valence-electron chi connectivity index (χ0n) is 15.9. The van der Waals surface area contributed by atoms with E-state index in [-0.39, 0.29) is 5.91 Å². The van der Waals surface area contributed by atoms with Gasteiger partial charge in [0.1, 0.15) is 11.0 Å². The molecule has 0 aromatic heterocycles. The number of hydrogen-bond donors (Lipinski definition) is 2. The number of rotatable bonds is 8. The quantitative estimate of drug-likeness (QED) is 0.520. The van der Waals surface area contributed by atoms with E-state index in [1.165, 1.54) is 25.8 Å². The van der Waals surface area contributed by atoms with E-state index in [4.69, 9.17) is 9.47 Å². The number of methoxy groups -OCH3 is 1.